The van der Waals surface area contributed by atoms with E-state index in [4.69, 9.17) is 23.2 Å². The third kappa shape index (κ3) is 3.38. The van der Waals surface area contributed by atoms with Gasteiger partial charge in [0.05, 0.1) is 0 Å². The molecule has 1 aromatic rings. The predicted molar refractivity (Wildman–Crippen MR) is 72.3 cm³/mol. The van der Waals surface area contributed by atoms with Gasteiger partial charge in [-0.05, 0) is 37.1 Å². The minimum absolute atomic E-state index is 0.296. The van der Waals surface area contributed by atoms with Gasteiger partial charge < -0.3 is 5.32 Å². The lowest BCUT2D eigenvalue weighted by molar-refractivity contribution is 0.384. The van der Waals surface area contributed by atoms with Crippen LogP contribution in [0.25, 0.3) is 0 Å². The quantitative estimate of drug-likeness (QED) is 0.809. The Morgan fingerprint density at radius 2 is 2.00 bits per heavy atom. The van der Waals surface area contributed by atoms with Crippen molar-refractivity contribution in [1.29, 1.82) is 0 Å². The largest absolute Gasteiger partial charge is 0.313 e. The average Bonchev–Trinajstić information content (AvgIpc) is 2.22. The first-order valence-corrected chi connectivity index (χ1v) is 6.48. The lowest BCUT2D eigenvalue weighted by atomic mass is 9.91. The zero-order chi connectivity index (χ0) is 12.1. The highest BCUT2D eigenvalue weighted by Gasteiger charge is 2.19. The highest BCUT2D eigenvalue weighted by molar-refractivity contribution is 6.35. The monoisotopic (exact) mass is 259 g/mol. The molecule has 1 nitrogen and oxygen atoms in total. The standard InChI is InChI=1S/C13H19Cl2N/c1-4-5-9(2)13(16-3)11-7-6-10(14)8-12(11)15/h6-9,13,16H,4-5H2,1-3H3. The molecule has 0 amide bonds. The van der Waals surface area contributed by atoms with Crippen LogP contribution in [0.15, 0.2) is 18.2 Å². The van der Waals surface area contributed by atoms with Crippen molar-refractivity contribution in [2.75, 3.05) is 7.05 Å². The van der Waals surface area contributed by atoms with Crippen LogP contribution in [0.5, 0.6) is 0 Å². The number of benzene rings is 1. The van der Waals surface area contributed by atoms with Crippen molar-refractivity contribution >= 4 is 23.2 Å². The number of rotatable bonds is 5. The fourth-order valence-corrected chi connectivity index (χ4v) is 2.65. The lowest BCUT2D eigenvalue weighted by Crippen LogP contribution is -2.23. The molecule has 0 heterocycles. The zero-order valence-electron chi connectivity index (χ0n) is 10.1. The first kappa shape index (κ1) is 13.8. The van der Waals surface area contributed by atoms with Crippen LogP contribution in [0.1, 0.15) is 38.3 Å². The highest BCUT2D eigenvalue weighted by atomic mass is 35.5. The molecule has 0 fully saturated rings. The van der Waals surface area contributed by atoms with Gasteiger partial charge in [-0.3, -0.25) is 0 Å². The van der Waals surface area contributed by atoms with Crippen molar-refractivity contribution in [2.45, 2.75) is 32.7 Å². The molecule has 16 heavy (non-hydrogen) atoms. The van der Waals surface area contributed by atoms with Gasteiger partial charge in [-0.15, -0.1) is 0 Å². The fraction of sp³-hybridized carbons (Fsp3) is 0.538. The molecule has 1 N–H and O–H groups in total. The molecule has 0 saturated carbocycles. The Morgan fingerprint density at radius 1 is 1.31 bits per heavy atom. The van der Waals surface area contributed by atoms with E-state index in [2.05, 4.69) is 19.2 Å². The molecule has 0 aromatic heterocycles. The van der Waals surface area contributed by atoms with Gasteiger partial charge in [-0.2, -0.15) is 0 Å². The zero-order valence-corrected chi connectivity index (χ0v) is 11.6. The SMILES string of the molecule is CCCC(C)C(NC)c1ccc(Cl)cc1Cl. The summed E-state index contributed by atoms with van der Waals surface area (Å²) in [5.41, 5.74) is 1.13. The molecular weight excluding hydrogens is 241 g/mol. The molecule has 0 aliphatic rings. The molecule has 0 bridgehead atoms. The molecule has 0 aliphatic heterocycles. The van der Waals surface area contributed by atoms with Crippen LogP contribution in [0.2, 0.25) is 10.0 Å². The van der Waals surface area contributed by atoms with Crippen LogP contribution < -0.4 is 5.32 Å². The van der Waals surface area contributed by atoms with Gasteiger partial charge in [0.1, 0.15) is 0 Å². The van der Waals surface area contributed by atoms with E-state index in [-0.39, 0.29) is 0 Å². The predicted octanol–water partition coefficient (Wildman–Crippen LogP) is 4.69. The van der Waals surface area contributed by atoms with Crippen molar-refractivity contribution in [1.82, 2.24) is 5.32 Å². The maximum absolute atomic E-state index is 6.22. The van der Waals surface area contributed by atoms with Crippen molar-refractivity contribution in [2.24, 2.45) is 5.92 Å². The molecule has 0 radical (unpaired) electrons. The number of halogens is 2. The van der Waals surface area contributed by atoms with Crippen LogP contribution in [0.4, 0.5) is 0 Å². The van der Waals surface area contributed by atoms with Gasteiger partial charge in [0.15, 0.2) is 0 Å². The summed E-state index contributed by atoms with van der Waals surface area (Å²) in [5, 5.41) is 4.77. The van der Waals surface area contributed by atoms with Gasteiger partial charge in [0, 0.05) is 16.1 Å². The van der Waals surface area contributed by atoms with Gasteiger partial charge in [0.2, 0.25) is 0 Å². The highest BCUT2D eigenvalue weighted by Crippen LogP contribution is 2.32. The maximum Gasteiger partial charge on any atom is 0.0468 e. The molecule has 1 aromatic carbocycles. The number of nitrogens with one attached hydrogen (secondary N) is 1. The fourth-order valence-electron chi connectivity index (χ4n) is 2.12. The summed E-state index contributed by atoms with van der Waals surface area (Å²) in [5.74, 6) is 0.564. The van der Waals surface area contributed by atoms with E-state index in [0.717, 1.165) is 10.6 Å². The second kappa shape index (κ2) is 6.48. The summed E-state index contributed by atoms with van der Waals surface area (Å²) < 4.78 is 0. The Kier molecular flexibility index (Phi) is 5.60. The van der Waals surface area contributed by atoms with Gasteiger partial charge >= 0.3 is 0 Å². The van der Waals surface area contributed by atoms with Gasteiger partial charge in [-0.25, -0.2) is 0 Å². The van der Waals surface area contributed by atoms with Crippen molar-refractivity contribution < 1.29 is 0 Å². The van der Waals surface area contributed by atoms with E-state index in [1.165, 1.54) is 12.8 Å². The second-order valence-corrected chi connectivity index (χ2v) is 5.04. The summed E-state index contributed by atoms with van der Waals surface area (Å²) in [4.78, 5) is 0. The van der Waals surface area contributed by atoms with E-state index in [9.17, 15) is 0 Å². The third-order valence-corrected chi connectivity index (χ3v) is 3.48. The summed E-state index contributed by atoms with van der Waals surface area (Å²) in [6, 6.07) is 6.01. The lowest BCUT2D eigenvalue weighted by Gasteiger charge is -2.24. The first-order valence-electron chi connectivity index (χ1n) is 5.72. The molecule has 2 unspecified atom stereocenters. The minimum Gasteiger partial charge on any atom is -0.313 e. The average molecular weight is 260 g/mol. The summed E-state index contributed by atoms with van der Waals surface area (Å²) in [6.45, 7) is 4.45. The summed E-state index contributed by atoms with van der Waals surface area (Å²) in [6.07, 6.45) is 2.37. The molecule has 2 atom stereocenters. The Labute approximate surface area is 108 Å². The van der Waals surface area contributed by atoms with Crippen LogP contribution in [-0.2, 0) is 0 Å². The Bertz CT molecular complexity index is 339. The first-order chi connectivity index (χ1) is 7.60. The number of hydrogen-bond acceptors (Lipinski definition) is 1. The van der Waals surface area contributed by atoms with E-state index in [1.54, 1.807) is 6.07 Å². The Morgan fingerprint density at radius 3 is 2.50 bits per heavy atom. The van der Waals surface area contributed by atoms with Crippen molar-refractivity contribution in [3.05, 3.63) is 33.8 Å². The molecule has 0 aliphatic carbocycles. The smallest absolute Gasteiger partial charge is 0.0468 e. The van der Waals surface area contributed by atoms with Crippen LogP contribution >= 0.6 is 23.2 Å². The van der Waals surface area contributed by atoms with Gasteiger partial charge in [0.25, 0.3) is 0 Å². The summed E-state index contributed by atoms with van der Waals surface area (Å²) >= 11 is 12.1. The molecule has 90 valence electrons. The molecule has 1 rings (SSSR count). The third-order valence-electron chi connectivity index (χ3n) is 2.92. The summed E-state index contributed by atoms with van der Waals surface area (Å²) in [7, 11) is 1.97. The topological polar surface area (TPSA) is 12.0 Å². The van der Waals surface area contributed by atoms with Gasteiger partial charge in [-0.1, -0.05) is 49.5 Å². The Balaban J connectivity index is 2.94. The van der Waals surface area contributed by atoms with E-state index in [0.29, 0.717) is 17.0 Å². The van der Waals surface area contributed by atoms with Crippen molar-refractivity contribution in [3.63, 3.8) is 0 Å². The van der Waals surface area contributed by atoms with E-state index < -0.39 is 0 Å². The molecule has 0 spiro atoms. The van der Waals surface area contributed by atoms with Crippen LogP contribution in [0.3, 0.4) is 0 Å². The number of hydrogen-bond donors (Lipinski definition) is 1. The minimum atomic E-state index is 0.296. The van der Waals surface area contributed by atoms with E-state index in [1.807, 2.05) is 19.2 Å². The van der Waals surface area contributed by atoms with E-state index >= 15 is 0 Å². The normalized spacial score (nSPS) is 14.8. The second-order valence-electron chi connectivity index (χ2n) is 4.20. The Hall–Kier alpha value is -0.240. The van der Waals surface area contributed by atoms with Crippen LogP contribution in [-0.4, -0.2) is 7.05 Å². The molecule has 3 heteroatoms. The molecule has 0 saturated heterocycles. The van der Waals surface area contributed by atoms with Crippen LogP contribution in [0, 0.1) is 5.92 Å². The molecular formula is C13H19Cl2N. The maximum atomic E-state index is 6.22. The van der Waals surface area contributed by atoms with Crippen molar-refractivity contribution in [3.8, 4) is 0 Å².